The van der Waals surface area contributed by atoms with E-state index in [2.05, 4.69) is 59.3 Å². The first-order chi connectivity index (χ1) is 13.0. The number of piperazine rings is 1. The van der Waals surface area contributed by atoms with Crippen LogP contribution >= 0.6 is 0 Å². The van der Waals surface area contributed by atoms with Gasteiger partial charge in [0.25, 0.3) is 0 Å². The van der Waals surface area contributed by atoms with Gasteiger partial charge in [0.05, 0.1) is 18.1 Å². The molecule has 3 fully saturated rings. The van der Waals surface area contributed by atoms with E-state index >= 15 is 0 Å². The minimum atomic E-state index is 0.175. The molecule has 5 heteroatoms. The standard InChI is InChI=1S/C22H29N5/c1-21(2)15-26(9-8-25-21)14-19-11-24-20(12-23-19)27-13-18-10-22(18,16-27)17-6-4-3-5-7-17/h3-7,11-12,18,25H,8-10,13-16H2,1-2H3/t18-,22+/m0/s1. The molecule has 5 nitrogen and oxygen atoms in total. The number of nitrogens with zero attached hydrogens (tertiary/aromatic N) is 4. The zero-order chi connectivity index (χ0) is 18.5. The molecule has 2 atom stereocenters. The van der Waals surface area contributed by atoms with Crippen LogP contribution in [-0.4, -0.2) is 53.1 Å². The number of hydrogen-bond donors (Lipinski definition) is 1. The minimum absolute atomic E-state index is 0.175. The van der Waals surface area contributed by atoms with Crippen LogP contribution in [0, 0.1) is 5.92 Å². The van der Waals surface area contributed by atoms with Crippen LogP contribution in [0.2, 0.25) is 0 Å². The molecule has 1 saturated carbocycles. The van der Waals surface area contributed by atoms with E-state index in [0.29, 0.717) is 5.41 Å². The van der Waals surface area contributed by atoms with Gasteiger partial charge in [-0.25, -0.2) is 4.98 Å². The molecule has 3 aliphatic rings. The van der Waals surface area contributed by atoms with Gasteiger partial charge in [0.2, 0.25) is 0 Å². The summed E-state index contributed by atoms with van der Waals surface area (Å²) < 4.78 is 0. The van der Waals surface area contributed by atoms with Crippen molar-refractivity contribution in [2.75, 3.05) is 37.6 Å². The van der Waals surface area contributed by atoms with Crippen molar-refractivity contribution in [2.24, 2.45) is 5.92 Å². The molecule has 2 aromatic rings. The molecule has 1 N–H and O–H groups in total. The molecular formula is C22H29N5. The van der Waals surface area contributed by atoms with Gasteiger partial charge >= 0.3 is 0 Å². The summed E-state index contributed by atoms with van der Waals surface area (Å²) in [6, 6.07) is 11.0. The van der Waals surface area contributed by atoms with Gasteiger partial charge in [-0.3, -0.25) is 9.88 Å². The molecule has 27 heavy (non-hydrogen) atoms. The Bertz CT molecular complexity index is 803. The van der Waals surface area contributed by atoms with Gasteiger partial charge in [-0.1, -0.05) is 30.3 Å². The second-order valence-electron chi connectivity index (χ2n) is 9.19. The molecule has 3 heterocycles. The highest BCUT2D eigenvalue weighted by Crippen LogP contribution is 2.59. The normalized spacial score (nSPS) is 29.6. The van der Waals surface area contributed by atoms with Crippen LogP contribution < -0.4 is 10.2 Å². The fraction of sp³-hybridized carbons (Fsp3) is 0.545. The molecule has 1 aromatic heterocycles. The fourth-order valence-electron chi connectivity index (χ4n) is 5.08. The van der Waals surface area contributed by atoms with Crippen LogP contribution in [0.15, 0.2) is 42.7 Å². The predicted octanol–water partition coefficient (Wildman–Crippen LogP) is 2.44. The Balaban J connectivity index is 1.24. The number of fused-ring (bicyclic) bond motifs is 1. The first kappa shape index (κ1) is 17.1. The van der Waals surface area contributed by atoms with E-state index in [0.717, 1.165) is 56.7 Å². The molecule has 0 spiro atoms. The topological polar surface area (TPSA) is 44.3 Å². The predicted molar refractivity (Wildman–Crippen MR) is 108 cm³/mol. The first-order valence-electron chi connectivity index (χ1n) is 10.1. The summed E-state index contributed by atoms with van der Waals surface area (Å²) in [5.74, 6) is 1.80. The molecule has 5 rings (SSSR count). The van der Waals surface area contributed by atoms with Crippen molar-refractivity contribution in [3.63, 3.8) is 0 Å². The summed E-state index contributed by atoms with van der Waals surface area (Å²) in [7, 11) is 0. The van der Waals surface area contributed by atoms with Gasteiger partial charge in [0.1, 0.15) is 5.82 Å². The van der Waals surface area contributed by atoms with Crippen molar-refractivity contribution in [1.29, 1.82) is 0 Å². The second-order valence-corrected chi connectivity index (χ2v) is 9.19. The van der Waals surface area contributed by atoms with Crippen molar-refractivity contribution >= 4 is 5.82 Å². The molecule has 0 bridgehead atoms. The highest BCUT2D eigenvalue weighted by Gasteiger charge is 2.60. The van der Waals surface area contributed by atoms with Crippen molar-refractivity contribution in [3.8, 4) is 0 Å². The molecule has 1 aromatic carbocycles. The van der Waals surface area contributed by atoms with Crippen LogP contribution in [0.5, 0.6) is 0 Å². The Morgan fingerprint density at radius 3 is 2.70 bits per heavy atom. The summed E-state index contributed by atoms with van der Waals surface area (Å²) in [5, 5.41) is 3.56. The SMILES string of the molecule is CC1(C)CN(Cc2cnc(N3C[C@@H]4C[C@]4(c4ccccc4)C3)cn2)CCN1. The maximum atomic E-state index is 4.76. The highest BCUT2D eigenvalue weighted by atomic mass is 15.3. The summed E-state index contributed by atoms with van der Waals surface area (Å²) in [4.78, 5) is 14.4. The number of nitrogens with one attached hydrogen (secondary N) is 1. The largest absolute Gasteiger partial charge is 0.354 e. The van der Waals surface area contributed by atoms with E-state index in [1.54, 1.807) is 0 Å². The number of anilines is 1. The molecule has 2 saturated heterocycles. The lowest BCUT2D eigenvalue weighted by atomic mass is 9.95. The molecule has 1 aliphatic carbocycles. The Kier molecular flexibility index (Phi) is 3.99. The van der Waals surface area contributed by atoms with Crippen molar-refractivity contribution in [1.82, 2.24) is 20.2 Å². The monoisotopic (exact) mass is 363 g/mol. The Hall–Kier alpha value is -1.98. The number of benzene rings is 1. The molecular weight excluding hydrogens is 334 g/mol. The lowest BCUT2D eigenvalue weighted by Gasteiger charge is -2.38. The van der Waals surface area contributed by atoms with Crippen LogP contribution in [-0.2, 0) is 12.0 Å². The molecule has 0 amide bonds. The second kappa shape index (κ2) is 6.28. The maximum absolute atomic E-state index is 4.76. The van der Waals surface area contributed by atoms with E-state index in [4.69, 9.17) is 9.97 Å². The van der Waals surface area contributed by atoms with Gasteiger partial charge in [-0.2, -0.15) is 0 Å². The van der Waals surface area contributed by atoms with Gasteiger partial charge in [0.15, 0.2) is 0 Å². The number of aromatic nitrogens is 2. The van der Waals surface area contributed by atoms with E-state index in [1.165, 1.54) is 12.0 Å². The lowest BCUT2D eigenvalue weighted by Crippen LogP contribution is -2.56. The van der Waals surface area contributed by atoms with E-state index in [1.807, 2.05) is 12.4 Å². The smallest absolute Gasteiger partial charge is 0.147 e. The van der Waals surface area contributed by atoms with Gasteiger partial charge in [-0.05, 0) is 31.7 Å². The van der Waals surface area contributed by atoms with E-state index < -0.39 is 0 Å². The van der Waals surface area contributed by atoms with Crippen LogP contribution in [0.1, 0.15) is 31.5 Å². The lowest BCUT2D eigenvalue weighted by molar-refractivity contribution is 0.147. The third-order valence-corrected chi connectivity index (χ3v) is 6.55. The van der Waals surface area contributed by atoms with Gasteiger partial charge in [-0.15, -0.1) is 0 Å². The summed E-state index contributed by atoms with van der Waals surface area (Å²) in [6.45, 7) is 10.7. The van der Waals surface area contributed by atoms with Crippen molar-refractivity contribution in [3.05, 3.63) is 54.0 Å². The summed E-state index contributed by atoms with van der Waals surface area (Å²) in [5.41, 5.74) is 3.09. The molecule has 142 valence electrons. The summed E-state index contributed by atoms with van der Waals surface area (Å²) >= 11 is 0. The zero-order valence-electron chi connectivity index (χ0n) is 16.4. The van der Waals surface area contributed by atoms with Crippen LogP contribution in [0.25, 0.3) is 0 Å². The maximum Gasteiger partial charge on any atom is 0.147 e. The fourth-order valence-corrected chi connectivity index (χ4v) is 5.08. The van der Waals surface area contributed by atoms with Gasteiger partial charge < -0.3 is 10.2 Å². The van der Waals surface area contributed by atoms with E-state index in [-0.39, 0.29) is 5.54 Å². The quantitative estimate of drug-likeness (QED) is 0.904. The number of piperidine rings is 1. The first-order valence-corrected chi connectivity index (χ1v) is 10.1. The average Bonchev–Trinajstić information content (AvgIpc) is 3.24. The highest BCUT2D eigenvalue weighted by molar-refractivity contribution is 5.48. The summed E-state index contributed by atoms with van der Waals surface area (Å²) in [6.07, 6.45) is 5.27. The van der Waals surface area contributed by atoms with Crippen LogP contribution in [0.4, 0.5) is 5.82 Å². The number of rotatable bonds is 4. The molecule has 2 aliphatic heterocycles. The Morgan fingerprint density at radius 2 is 1.96 bits per heavy atom. The zero-order valence-corrected chi connectivity index (χ0v) is 16.4. The third kappa shape index (κ3) is 3.23. The van der Waals surface area contributed by atoms with E-state index in [9.17, 15) is 0 Å². The Morgan fingerprint density at radius 1 is 1.11 bits per heavy atom. The van der Waals surface area contributed by atoms with Crippen LogP contribution in [0.3, 0.4) is 0 Å². The average molecular weight is 364 g/mol. The van der Waals surface area contributed by atoms with Crippen molar-refractivity contribution in [2.45, 2.75) is 37.8 Å². The molecule has 0 radical (unpaired) electrons. The minimum Gasteiger partial charge on any atom is -0.354 e. The van der Waals surface area contributed by atoms with Gasteiger partial charge in [0, 0.05) is 50.2 Å². The Labute approximate surface area is 161 Å². The third-order valence-electron chi connectivity index (χ3n) is 6.55. The van der Waals surface area contributed by atoms with Crippen molar-refractivity contribution < 1.29 is 0 Å². The molecule has 0 unspecified atom stereocenters. The number of hydrogen-bond acceptors (Lipinski definition) is 5.